The molecular weight excluding hydrogens is 1060 g/mol. The molecule has 0 spiro atoms. The van der Waals surface area contributed by atoms with Gasteiger partial charge >= 0.3 is 42.0 Å². The number of alkyl halides is 3. The summed E-state index contributed by atoms with van der Waals surface area (Å²) in [6, 6.07) is 22.5. The Kier molecular flexibility index (Phi) is 27.0. The Morgan fingerprint density at radius 2 is 0.829 bits per heavy atom. The van der Waals surface area contributed by atoms with Gasteiger partial charge in [-0.3, -0.25) is 9.59 Å². The van der Waals surface area contributed by atoms with Gasteiger partial charge in [0, 0.05) is 34.9 Å². The van der Waals surface area contributed by atoms with Gasteiger partial charge in [0.2, 0.25) is 0 Å². The summed E-state index contributed by atoms with van der Waals surface area (Å²) >= 11 is 0. The monoisotopic (exact) mass is 1140 g/mol. The van der Waals surface area contributed by atoms with Crippen LogP contribution >= 0.6 is 0 Å². The van der Waals surface area contributed by atoms with Crippen molar-refractivity contribution in [3.63, 3.8) is 0 Å². The zero-order chi connectivity index (χ0) is 59.3. The van der Waals surface area contributed by atoms with E-state index in [2.05, 4.69) is 6.58 Å². The van der Waals surface area contributed by atoms with Crippen LogP contribution in [0.25, 0.3) is 12.2 Å². The fourth-order valence-electron chi connectivity index (χ4n) is 9.46. The first-order chi connectivity index (χ1) is 39.3. The summed E-state index contributed by atoms with van der Waals surface area (Å²) in [5, 5.41) is 0. The number of hydrogen-bond acceptors (Lipinski definition) is 16. The Labute approximate surface area is 477 Å². The van der Waals surface area contributed by atoms with E-state index in [1.807, 2.05) is 18.2 Å². The summed E-state index contributed by atoms with van der Waals surface area (Å²) in [5.74, 6) is -3.32. The number of hydrogen-bond donors (Lipinski definition) is 4. The lowest BCUT2D eigenvalue weighted by atomic mass is 9.80. The molecule has 0 aliphatic heterocycles. The molecule has 0 radical (unpaired) electrons. The predicted octanol–water partition coefficient (Wildman–Crippen LogP) is 12.6. The number of halogens is 3. The first-order valence-corrected chi connectivity index (χ1v) is 28.0. The highest BCUT2D eigenvalue weighted by Crippen LogP contribution is 2.40. The number of ether oxygens (including phenoxy) is 6. The van der Waals surface area contributed by atoms with Gasteiger partial charge in [-0.25, -0.2) is 19.2 Å². The van der Waals surface area contributed by atoms with Gasteiger partial charge in [-0.1, -0.05) is 75.3 Å². The zero-order valence-corrected chi connectivity index (χ0v) is 46.4. The van der Waals surface area contributed by atoms with Crippen LogP contribution in [0.15, 0.2) is 110 Å². The molecule has 0 amide bonds. The minimum atomic E-state index is -4.23. The van der Waals surface area contributed by atoms with Crippen LogP contribution in [0.5, 0.6) is 11.5 Å². The Bertz CT molecular complexity index is 2730. The predicted molar refractivity (Wildman–Crippen MR) is 309 cm³/mol. The minimum absolute atomic E-state index is 0.0366. The second kappa shape index (κ2) is 34.3. The molecule has 82 heavy (non-hydrogen) atoms. The van der Waals surface area contributed by atoms with Crippen molar-refractivity contribution in [2.45, 2.75) is 122 Å². The molecule has 19 heteroatoms. The highest BCUT2D eigenvalue weighted by molar-refractivity contribution is 5.92. The molecule has 4 aromatic rings. The van der Waals surface area contributed by atoms with Crippen LogP contribution in [0.3, 0.4) is 0 Å². The van der Waals surface area contributed by atoms with E-state index in [0.29, 0.717) is 58.8 Å². The van der Waals surface area contributed by atoms with Gasteiger partial charge in [-0.05, 0) is 160 Å². The summed E-state index contributed by atoms with van der Waals surface area (Å²) in [5.41, 5.74) is 26.3. The van der Waals surface area contributed by atoms with Crippen molar-refractivity contribution in [2.75, 3.05) is 49.4 Å². The molecule has 0 heterocycles. The molecule has 8 N–H and O–H groups in total. The summed E-state index contributed by atoms with van der Waals surface area (Å²) in [7, 11) is 0. The molecule has 442 valence electrons. The first-order valence-electron chi connectivity index (χ1n) is 28.0. The molecule has 16 nitrogen and oxygen atoms in total. The second-order valence-corrected chi connectivity index (χ2v) is 20.5. The highest BCUT2D eigenvalue weighted by atomic mass is 19.4. The highest BCUT2D eigenvalue weighted by Gasteiger charge is 2.43. The van der Waals surface area contributed by atoms with E-state index in [0.717, 1.165) is 89.0 Å². The van der Waals surface area contributed by atoms with Gasteiger partial charge in [0.25, 0.3) is 0 Å². The normalized spacial score (nSPS) is 17.0. The molecule has 0 bridgehead atoms. The molecule has 0 unspecified atom stereocenters. The third-order valence-electron chi connectivity index (χ3n) is 14.0. The Morgan fingerprint density at radius 1 is 0.476 bits per heavy atom. The summed E-state index contributed by atoms with van der Waals surface area (Å²) in [6.45, 7) is 4.29. The Balaban J connectivity index is 0.000000306. The van der Waals surface area contributed by atoms with Crippen LogP contribution in [0.1, 0.15) is 147 Å². The lowest BCUT2D eigenvalue weighted by Gasteiger charge is -2.28. The van der Waals surface area contributed by atoms with Crippen molar-refractivity contribution < 1.29 is 70.4 Å². The van der Waals surface area contributed by atoms with E-state index in [-0.39, 0.29) is 68.1 Å². The third-order valence-corrected chi connectivity index (χ3v) is 14.0. The summed E-state index contributed by atoms with van der Waals surface area (Å²) < 4.78 is 69.8. The van der Waals surface area contributed by atoms with Crippen LogP contribution in [0.2, 0.25) is 0 Å². The summed E-state index contributed by atoms with van der Waals surface area (Å²) in [6.07, 6.45) is 17.9. The number of esters is 6. The molecule has 0 atom stereocenters. The van der Waals surface area contributed by atoms with Crippen molar-refractivity contribution in [1.82, 2.24) is 0 Å². The topological polar surface area (TPSA) is 262 Å². The van der Waals surface area contributed by atoms with Crippen LogP contribution in [0, 0.1) is 23.7 Å². The van der Waals surface area contributed by atoms with E-state index in [1.54, 1.807) is 48.5 Å². The lowest BCUT2D eigenvalue weighted by Crippen LogP contribution is -2.31. The van der Waals surface area contributed by atoms with Crippen molar-refractivity contribution in [2.24, 2.45) is 23.7 Å². The number of nitrogen functional groups attached to an aromatic ring is 4. The minimum Gasteiger partial charge on any atom is -0.463 e. The SMILES string of the molecule is C=CCC1CCC(C(=O)Oc2ccc(C=CC(=O)OCCCCCCCCCCCOC(=O)c3cc(N)cc(N)c3)cc2)CC1.Nc1cc(N)cc(C(=O)OCCOC(=O)C=Cc2ccc(OC(=O)C3CCC(C(F)(F)F)CC3)cc2)c1. The molecule has 2 saturated carbocycles. The fraction of sp³-hybridized carbons (Fsp3) is 0.429. The van der Waals surface area contributed by atoms with E-state index < -0.39 is 41.9 Å². The maximum atomic E-state index is 12.8. The van der Waals surface area contributed by atoms with Gasteiger partial charge in [0.15, 0.2) is 0 Å². The molecule has 4 aromatic carbocycles. The number of unbranched alkanes of at least 4 members (excludes halogenated alkanes) is 8. The van der Waals surface area contributed by atoms with Crippen molar-refractivity contribution >= 4 is 70.7 Å². The maximum absolute atomic E-state index is 12.8. The third kappa shape index (κ3) is 24.3. The molecular formula is C63H77F3N4O12. The molecule has 2 aliphatic carbocycles. The molecule has 0 saturated heterocycles. The molecule has 2 aliphatic rings. The molecule has 6 rings (SSSR count). The number of nitrogens with two attached hydrogens (primary N) is 4. The van der Waals surface area contributed by atoms with Crippen LogP contribution < -0.4 is 32.4 Å². The van der Waals surface area contributed by atoms with Crippen molar-refractivity contribution in [1.29, 1.82) is 0 Å². The number of anilines is 4. The number of rotatable bonds is 27. The Hall–Kier alpha value is -8.09. The first kappa shape index (κ1) is 64.7. The fourth-order valence-corrected chi connectivity index (χ4v) is 9.46. The van der Waals surface area contributed by atoms with E-state index in [1.165, 1.54) is 55.0 Å². The number of benzene rings is 4. The largest absolute Gasteiger partial charge is 0.463 e. The smallest absolute Gasteiger partial charge is 0.391 e. The van der Waals surface area contributed by atoms with Crippen LogP contribution in [0.4, 0.5) is 35.9 Å². The van der Waals surface area contributed by atoms with Gasteiger partial charge in [0.05, 0.1) is 42.1 Å². The second-order valence-electron chi connectivity index (χ2n) is 20.5. The van der Waals surface area contributed by atoms with Gasteiger partial charge < -0.3 is 51.4 Å². The average Bonchev–Trinajstić information content (AvgIpc) is 3.58. The van der Waals surface area contributed by atoms with E-state index >= 15 is 0 Å². The number of carbonyl (C=O) groups is 6. The Morgan fingerprint density at radius 3 is 1.23 bits per heavy atom. The quantitative estimate of drug-likeness (QED) is 0.00822. The van der Waals surface area contributed by atoms with E-state index in [9.17, 15) is 41.9 Å². The van der Waals surface area contributed by atoms with Crippen molar-refractivity contribution in [3.8, 4) is 11.5 Å². The van der Waals surface area contributed by atoms with Gasteiger partial charge in [-0.2, -0.15) is 13.2 Å². The van der Waals surface area contributed by atoms with Crippen molar-refractivity contribution in [3.05, 3.63) is 132 Å². The maximum Gasteiger partial charge on any atom is 0.391 e. The molecule has 2 fully saturated rings. The van der Waals surface area contributed by atoms with Gasteiger partial charge in [0.1, 0.15) is 24.7 Å². The van der Waals surface area contributed by atoms with Gasteiger partial charge in [-0.15, -0.1) is 6.58 Å². The lowest BCUT2D eigenvalue weighted by molar-refractivity contribution is -0.185. The number of carbonyl (C=O) groups excluding carboxylic acids is 6. The average molecular weight is 1140 g/mol. The number of allylic oxidation sites excluding steroid dienone is 1. The standard InChI is InChI=1S/C37H50N2O6.C26H27F3N2O6/c1-2-12-28-13-18-30(19-14-28)37(42)45-34-20-15-29(16-21-34)17-22-35(40)43-23-10-8-6-4-3-5-7-9-11-24-44-36(41)31-25-32(38)27-33(39)26-31;27-26(28,29)19-6-4-17(5-7-19)25(34)37-22-8-1-16(2-9-22)3-10-23(32)35-11-12-36-24(33)18-13-20(30)15-21(31)14-18/h2,15-17,20-22,25-28,30H,1,3-14,18-19,23-24,38-39H2;1-3,8-10,13-15,17,19H,4-7,11-12,30-31H2. The van der Waals surface area contributed by atoms with E-state index in [4.69, 9.17) is 51.4 Å². The summed E-state index contributed by atoms with van der Waals surface area (Å²) in [4.78, 5) is 72.8. The zero-order valence-electron chi connectivity index (χ0n) is 46.4. The van der Waals surface area contributed by atoms with Crippen LogP contribution in [-0.4, -0.2) is 68.4 Å². The molecule has 0 aromatic heterocycles. The van der Waals surface area contributed by atoms with Crippen LogP contribution in [-0.2, 0) is 38.1 Å².